The van der Waals surface area contributed by atoms with Crippen LogP contribution in [0.5, 0.6) is 0 Å². The third kappa shape index (κ3) is 2.37. The van der Waals surface area contributed by atoms with Crippen LogP contribution in [0.2, 0.25) is 10.0 Å². The predicted octanol–water partition coefficient (Wildman–Crippen LogP) is 5.35. The zero-order valence-electron chi connectivity index (χ0n) is 10.4. The Balaban J connectivity index is 2.40. The van der Waals surface area contributed by atoms with Crippen molar-refractivity contribution in [3.8, 4) is 5.69 Å². The summed E-state index contributed by atoms with van der Waals surface area (Å²) in [5.74, 6) is -0.804. The lowest BCUT2D eigenvalue weighted by Crippen LogP contribution is -2.02. The van der Waals surface area contributed by atoms with Crippen molar-refractivity contribution in [2.75, 3.05) is 0 Å². The third-order valence-corrected chi connectivity index (χ3v) is 3.88. The summed E-state index contributed by atoms with van der Waals surface area (Å²) < 4.78 is 29.3. The van der Waals surface area contributed by atoms with E-state index in [0.29, 0.717) is 16.9 Å². The Morgan fingerprint density at radius 2 is 1.86 bits per heavy atom. The van der Waals surface area contributed by atoms with Crippen molar-refractivity contribution in [2.45, 2.75) is 5.88 Å². The topological polar surface area (TPSA) is 17.8 Å². The van der Waals surface area contributed by atoms with Gasteiger partial charge in [0.1, 0.15) is 11.6 Å². The average Bonchev–Trinajstić information content (AvgIpc) is 2.80. The Labute approximate surface area is 133 Å². The van der Waals surface area contributed by atoms with Gasteiger partial charge in [-0.25, -0.2) is 13.8 Å². The number of benzene rings is 2. The summed E-state index contributed by atoms with van der Waals surface area (Å²) in [6.45, 7) is 0. The molecule has 1 aromatic heterocycles. The van der Waals surface area contributed by atoms with Gasteiger partial charge in [0.25, 0.3) is 0 Å². The van der Waals surface area contributed by atoms with Crippen LogP contribution in [-0.2, 0) is 5.88 Å². The highest BCUT2D eigenvalue weighted by Crippen LogP contribution is 2.30. The van der Waals surface area contributed by atoms with Crippen molar-refractivity contribution in [3.05, 3.63) is 57.8 Å². The zero-order valence-corrected chi connectivity index (χ0v) is 12.6. The molecule has 7 heteroatoms. The number of fused-ring (bicyclic) bond motifs is 1. The fraction of sp³-hybridized carbons (Fsp3) is 0.0714. The quantitative estimate of drug-likeness (QED) is 0.571. The van der Waals surface area contributed by atoms with E-state index < -0.39 is 11.6 Å². The summed E-state index contributed by atoms with van der Waals surface area (Å²) in [6.07, 6.45) is 0. The lowest BCUT2D eigenvalue weighted by Gasteiger charge is -2.10. The molecule has 0 saturated heterocycles. The molecule has 0 N–H and O–H groups in total. The smallest absolute Gasteiger partial charge is 0.165 e. The molecule has 2 nitrogen and oxygen atoms in total. The van der Waals surface area contributed by atoms with E-state index in [4.69, 9.17) is 34.8 Å². The Bertz CT molecular complexity index is 846. The van der Waals surface area contributed by atoms with Crippen LogP contribution in [0.3, 0.4) is 0 Å². The third-order valence-electron chi connectivity index (χ3n) is 3.06. The summed E-state index contributed by atoms with van der Waals surface area (Å²) in [5, 5.41) is -0.102. The van der Waals surface area contributed by atoms with Crippen LogP contribution in [0, 0.1) is 11.6 Å². The first-order valence-corrected chi connectivity index (χ1v) is 7.18. The van der Waals surface area contributed by atoms with Gasteiger partial charge in [-0.05, 0) is 18.2 Å². The van der Waals surface area contributed by atoms with Gasteiger partial charge >= 0.3 is 0 Å². The average molecular weight is 348 g/mol. The number of imidazole rings is 1. The van der Waals surface area contributed by atoms with Gasteiger partial charge in [0.2, 0.25) is 0 Å². The highest BCUT2D eigenvalue weighted by Gasteiger charge is 2.18. The summed E-state index contributed by atoms with van der Waals surface area (Å²) in [7, 11) is 0. The van der Waals surface area contributed by atoms with Crippen molar-refractivity contribution in [1.82, 2.24) is 9.55 Å². The molecule has 21 heavy (non-hydrogen) atoms. The van der Waals surface area contributed by atoms with Gasteiger partial charge in [0.15, 0.2) is 5.82 Å². The molecule has 3 rings (SSSR count). The molecule has 0 amide bonds. The first kappa shape index (κ1) is 14.6. The number of nitrogens with zero attached hydrogens (tertiary/aromatic N) is 2. The van der Waals surface area contributed by atoms with E-state index in [-0.39, 0.29) is 21.6 Å². The first-order chi connectivity index (χ1) is 10.0. The highest BCUT2D eigenvalue weighted by molar-refractivity contribution is 6.31. The van der Waals surface area contributed by atoms with Crippen molar-refractivity contribution in [3.63, 3.8) is 0 Å². The van der Waals surface area contributed by atoms with Gasteiger partial charge in [-0.1, -0.05) is 29.3 Å². The van der Waals surface area contributed by atoms with Gasteiger partial charge < -0.3 is 0 Å². The molecule has 0 radical (unpaired) electrons. The van der Waals surface area contributed by atoms with E-state index in [1.807, 2.05) is 0 Å². The van der Waals surface area contributed by atoms with Gasteiger partial charge in [-0.3, -0.25) is 4.57 Å². The Kier molecular flexibility index (Phi) is 3.78. The van der Waals surface area contributed by atoms with Crippen LogP contribution in [0.4, 0.5) is 8.78 Å². The molecule has 108 valence electrons. The molecule has 0 aliphatic carbocycles. The van der Waals surface area contributed by atoms with Crippen LogP contribution in [0.25, 0.3) is 16.7 Å². The zero-order chi connectivity index (χ0) is 15.1. The molecule has 0 aliphatic heterocycles. The van der Waals surface area contributed by atoms with E-state index in [1.165, 1.54) is 28.8 Å². The largest absolute Gasteiger partial charge is 0.292 e. The first-order valence-electron chi connectivity index (χ1n) is 5.89. The standard InChI is InChI=1S/C14H7Cl3F2N2/c15-6-13-20-10-5-9(18)8(17)4-12(10)21(13)11-3-1-2-7(16)14(11)19/h1-5H,6H2. The minimum absolute atomic E-state index is 0.0249. The molecule has 0 unspecified atom stereocenters. The second-order valence-corrected chi connectivity index (χ2v) is 5.41. The Morgan fingerprint density at radius 1 is 1.10 bits per heavy atom. The van der Waals surface area contributed by atoms with Crippen LogP contribution in [0.15, 0.2) is 30.3 Å². The minimum atomic E-state index is -0.606. The monoisotopic (exact) mass is 346 g/mol. The molecule has 0 saturated carbocycles. The predicted molar refractivity (Wildman–Crippen MR) is 80.6 cm³/mol. The number of rotatable bonds is 2. The van der Waals surface area contributed by atoms with E-state index in [9.17, 15) is 8.78 Å². The van der Waals surface area contributed by atoms with Crippen molar-refractivity contribution in [1.29, 1.82) is 0 Å². The minimum Gasteiger partial charge on any atom is -0.292 e. The molecule has 0 spiro atoms. The number of hydrogen-bond donors (Lipinski definition) is 0. The number of hydrogen-bond acceptors (Lipinski definition) is 1. The molecular formula is C14H7Cl3F2N2. The van der Waals surface area contributed by atoms with Crippen molar-refractivity contribution < 1.29 is 8.78 Å². The van der Waals surface area contributed by atoms with E-state index >= 15 is 0 Å². The Morgan fingerprint density at radius 3 is 2.57 bits per heavy atom. The normalized spacial score (nSPS) is 11.3. The number of aromatic nitrogens is 2. The summed E-state index contributed by atoms with van der Waals surface area (Å²) in [4.78, 5) is 4.20. The highest BCUT2D eigenvalue weighted by atomic mass is 35.5. The maximum Gasteiger partial charge on any atom is 0.165 e. The van der Waals surface area contributed by atoms with Crippen molar-refractivity contribution in [2.24, 2.45) is 0 Å². The number of halogens is 5. The summed E-state index contributed by atoms with van der Waals surface area (Å²) >= 11 is 17.5. The lowest BCUT2D eigenvalue weighted by molar-refractivity contribution is 0.618. The summed E-state index contributed by atoms with van der Waals surface area (Å²) in [5.41, 5.74) is 0.980. The van der Waals surface area contributed by atoms with Gasteiger partial charge in [-0.2, -0.15) is 0 Å². The van der Waals surface area contributed by atoms with Crippen LogP contribution in [0.1, 0.15) is 5.82 Å². The fourth-order valence-corrected chi connectivity index (χ4v) is 2.65. The van der Waals surface area contributed by atoms with Gasteiger partial charge in [-0.15, -0.1) is 11.6 Å². The van der Waals surface area contributed by atoms with E-state index in [2.05, 4.69) is 4.98 Å². The lowest BCUT2D eigenvalue weighted by atomic mass is 10.2. The molecule has 0 bridgehead atoms. The molecule has 3 aromatic rings. The molecule has 0 aliphatic rings. The van der Waals surface area contributed by atoms with Crippen molar-refractivity contribution >= 4 is 45.8 Å². The number of alkyl halides is 1. The van der Waals surface area contributed by atoms with Gasteiger partial charge in [0.05, 0.1) is 32.6 Å². The maximum absolute atomic E-state index is 14.3. The molecular weight excluding hydrogens is 341 g/mol. The second-order valence-electron chi connectivity index (χ2n) is 4.33. The summed E-state index contributed by atoms with van der Waals surface area (Å²) in [6, 6.07) is 7.15. The molecule has 0 fully saturated rings. The van der Waals surface area contributed by atoms with Gasteiger partial charge in [0, 0.05) is 6.07 Å². The van der Waals surface area contributed by atoms with Crippen LogP contribution < -0.4 is 0 Å². The SMILES string of the molecule is Fc1cc2nc(CCl)n(-c3cccc(Cl)c3F)c2cc1Cl. The molecule has 1 heterocycles. The maximum atomic E-state index is 14.3. The van der Waals surface area contributed by atoms with E-state index in [0.717, 1.165) is 0 Å². The van der Waals surface area contributed by atoms with Crippen LogP contribution >= 0.6 is 34.8 Å². The molecule has 2 aromatic carbocycles. The van der Waals surface area contributed by atoms with Crippen LogP contribution in [-0.4, -0.2) is 9.55 Å². The second kappa shape index (κ2) is 5.44. The molecule has 0 atom stereocenters. The fourth-order valence-electron chi connectivity index (χ4n) is 2.15. The van der Waals surface area contributed by atoms with E-state index in [1.54, 1.807) is 6.07 Å². The Hall–Kier alpha value is -1.36.